The molecule has 28 heavy (non-hydrogen) atoms. The largest absolute Gasteiger partial charge is 0.377 e. The zero-order valence-corrected chi connectivity index (χ0v) is 16.5. The summed E-state index contributed by atoms with van der Waals surface area (Å²) in [5, 5.41) is 1.57. The zero-order valence-electron chi connectivity index (χ0n) is 15.8. The van der Waals surface area contributed by atoms with Gasteiger partial charge in [-0.2, -0.15) is 15.0 Å². The third-order valence-electron chi connectivity index (χ3n) is 4.99. The summed E-state index contributed by atoms with van der Waals surface area (Å²) in [6, 6.07) is 8.02. The number of halogens is 1. The van der Waals surface area contributed by atoms with E-state index in [1.807, 2.05) is 25.1 Å². The molecule has 3 aromatic rings. The molecule has 0 aliphatic carbocycles. The van der Waals surface area contributed by atoms with Gasteiger partial charge in [-0.1, -0.05) is 30.7 Å². The number of aromatic nitrogens is 4. The Bertz CT molecular complexity index is 1010. The van der Waals surface area contributed by atoms with Crippen LogP contribution < -0.4 is 16.4 Å². The first-order valence-corrected chi connectivity index (χ1v) is 9.52. The molecule has 1 aliphatic rings. The number of benzene rings is 1. The van der Waals surface area contributed by atoms with Crippen LogP contribution in [-0.2, 0) is 4.74 Å². The van der Waals surface area contributed by atoms with Gasteiger partial charge in [-0.3, -0.25) is 0 Å². The summed E-state index contributed by atoms with van der Waals surface area (Å²) >= 11 is 6.42. The normalized spacial score (nSPS) is 18.4. The van der Waals surface area contributed by atoms with Crippen LogP contribution in [0.1, 0.15) is 31.2 Å². The molecule has 4 rings (SSSR count). The first-order chi connectivity index (χ1) is 13.4. The minimum atomic E-state index is -0.187. The fourth-order valence-corrected chi connectivity index (χ4v) is 3.74. The van der Waals surface area contributed by atoms with Gasteiger partial charge in [-0.15, -0.1) is 0 Å². The number of fused-ring (bicyclic) bond motifs is 1. The maximum Gasteiger partial charge on any atom is 0.225 e. The monoisotopic (exact) mass is 399 g/mol. The summed E-state index contributed by atoms with van der Waals surface area (Å²) in [5.41, 5.74) is 13.3. The van der Waals surface area contributed by atoms with E-state index >= 15 is 0 Å². The lowest BCUT2D eigenvalue weighted by Gasteiger charge is -2.36. The summed E-state index contributed by atoms with van der Waals surface area (Å²) in [5.74, 6) is 1.38. The van der Waals surface area contributed by atoms with Crippen LogP contribution in [0.15, 0.2) is 24.3 Å². The molecule has 1 aliphatic heterocycles. The molecule has 1 fully saturated rings. The Kier molecular flexibility index (Phi) is 4.91. The van der Waals surface area contributed by atoms with Gasteiger partial charge in [0.25, 0.3) is 0 Å². The second-order valence-corrected chi connectivity index (χ2v) is 7.37. The van der Waals surface area contributed by atoms with Crippen molar-refractivity contribution in [1.29, 1.82) is 0 Å². The van der Waals surface area contributed by atoms with E-state index in [2.05, 4.69) is 32.8 Å². The molecule has 1 unspecified atom stereocenters. The highest BCUT2D eigenvalue weighted by Gasteiger charge is 2.27. The number of ether oxygens (including phenoxy) is 1. The summed E-state index contributed by atoms with van der Waals surface area (Å²) < 4.78 is 5.60. The van der Waals surface area contributed by atoms with Crippen LogP contribution in [0.3, 0.4) is 0 Å². The van der Waals surface area contributed by atoms with Gasteiger partial charge in [-0.25, -0.2) is 4.98 Å². The summed E-state index contributed by atoms with van der Waals surface area (Å²) in [6.07, 6.45) is 0. The molecule has 8 nitrogen and oxygen atoms in total. The van der Waals surface area contributed by atoms with Gasteiger partial charge < -0.3 is 21.1 Å². The Morgan fingerprint density at radius 1 is 1.18 bits per heavy atom. The standard InChI is InChI=1S/C19H22ClN7O/c1-10-9-28-7-6-27(10)17-13(8-12-4-3-5-14(20)15(12)23-17)11(2)16-24-18(21)26-19(22)25-16/h3-5,8,10-11H,6-7,9H2,1-2H3,(H4,21,22,24,25,26)/t10?,11-/m0/s1. The quantitative estimate of drug-likeness (QED) is 0.690. The fraction of sp³-hybridized carbons (Fsp3) is 0.368. The van der Waals surface area contributed by atoms with Gasteiger partial charge in [0.05, 0.1) is 29.8 Å². The molecule has 2 aromatic heterocycles. The van der Waals surface area contributed by atoms with Gasteiger partial charge >= 0.3 is 0 Å². The highest BCUT2D eigenvalue weighted by molar-refractivity contribution is 6.35. The third-order valence-corrected chi connectivity index (χ3v) is 5.29. The van der Waals surface area contributed by atoms with Crippen molar-refractivity contribution in [1.82, 2.24) is 19.9 Å². The fourth-order valence-electron chi connectivity index (χ4n) is 3.52. The second-order valence-electron chi connectivity index (χ2n) is 6.96. The average molecular weight is 400 g/mol. The molecule has 0 spiro atoms. The Morgan fingerprint density at radius 2 is 1.93 bits per heavy atom. The van der Waals surface area contributed by atoms with Crippen LogP contribution in [0.25, 0.3) is 10.9 Å². The van der Waals surface area contributed by atoms with Crippen LogP contribution in [0.5, 0.6) is 0 Å². The van der Waals surface area contributed by atoms with E-state index in [1.54, 1.807) is 0 Å². The molecule has 0 radical (unpaired) electrons. The van der Waals surface area contributed by atoms with Crippen LogP contribution in [0, 0.1) is 0 Å². The molecule has 1 aromatic carbocycles. The van der Waals surface area contributed by atoms with E-state index in [9.17, 15) is 0 Å². The predicted molar refractivity (Wildman–Crippen MR) is 111 cm³/mol. The van der Waals surface area contributed by atoms with Crippen molar-refractivity contribution < 1.29 is 4.74 Å². The lowest BCUT2D eigenvalue weighted by molar-refractivity contribution is 0.0984. The highest BCUT2D eigenvalue weighted by atomic mass is 35.5. The van der Waals surface area contributed by atoms with Crippen molar-refractivity contribution in [3.63, 3.8) is 0 Å². The van der Waals surface area contributed by atoms with E-state index < -0.39 is 0 Å². The first-order valence-electron chi connectivity index (χ1n) is 9.14. The minimum Gasteiger partial charge on any atom is -0.377 e. The van der Waals surface area contributed by atoms with Crippen LogP contribution in [-0.4, -0.2) is 45.7 Å². The number of rotatable bonds is 3. The molecule has 1 saturated heterocycles. The van der Waals surface area contributed by atoms with Gasteiger partial charge in [-0.05, 0) is 19.1 Å². The molecule has 0 amide bonds. The molecular weight excluding hydrogens is 378 g/mol. The number of pyridine rings is 1. The topological polar surface area (TPSA) is 116 Å². The van der Waals surface area contributed by atoms with E-state index in [4.69, 9.17) is 32.8 Å². The maximum atomic E-state index is 6.42. The van der Waals surface area contributed by atoms with Crippen molar-refractivity contribution in [3.8, 4) is 0 Å². The summed E-state index contributed by atoms with van der Waals surface area (Å²) in [4.78, 5) is 19.6. The van der Waals surface area contributed by atoms with Crippen LogP contribution in [0.2, 0.25) is 5.02 Å². The number of nitrogens with two attached hydrogens (primary N) is 2. The second kappa shape index (κ2) is 7.37. The number of hydrogen-bond acceptors (Lipinski definition) is 8. The Morgan fingerprint density at radius 3 is 2.64 bits per heavy atom. The Balaban J connectivity index is 1.91. The average Bonchev–Trinajstić information content (AvgIpc) is 2.66. The zero-order chi connectivity index (χ0) is 19.8. The lowest BCUT2D eigenvalue weighted by atomic mass is 9.97. The SMILES string of the molecule is CC1COCCN1c1nc2c(Cl)cccc2cc1[C@H](C)c1nc(N)nc(N)n1. The van der Waals surface area contributed by atoms with Crippen LogP contribution in [0.4, 0.5) is 17.7 Å². The molecule has 2 atom stereocenters. The van der Waals surface area contributed by atoms with E-state index in [1.165, 1.54) is 0 Å². The van der Waals surface area contributed by atoms with Gasteiger partial charge in [0.2, 0.25) is 11.9 Å². The number of morpholine rings is 1. The Hall–Kier alpha value is -2.71. The molecule has 146 valence electrons. The predicted octanol–water partition coefficient (Wildman–Crippen LogP) is 2.61. The van der Waals surface area contributed by atoms with Gasteiger partial charge in [0.1, 0.15) is 11.6 Å². The molecular formula is C19H22ClN7O. The molecule has 9 heteroatoms. The maximum absolute atomic E-state index is 6.42. The lowest BCUT2D eigenvalue weighted by Crippen LogP contribution is -2.44. The number of nitrogens with zero attached hydrogens (tertiary/aromatic N) is 5. The van der Waals surface area contributed by atoms with Crippen molar-refractivity contribution in [2.75, 3.05) is 36.1 Å². The van der Waals surface area contributed by atoms with Gasteiger partial charge in [0.15, 0.2) is 0 Å². The number of anilines is 3. The van der Waals surface area contributed by atoms with Crippen molar-refractivity contribution in [2.24, 2.45) is 0 Å². The first kappa shape index (κ1) is 18.6. The molecule has 0 saturated carbocycles. The molecule has 4 N–H and O–H groups in total. The minimum absolute atomic E-state index is 0.104. The third kappa shape index (κ3) is 3.41. The number of para-hydroxylation sites is 1. The van der Waals surface area contributed by atoms with Crippen molar-refractivity contribution in [3.05, 3.63) is 40.7 Å². The van der Waals surface area contributed by atoms with E-state index in [-0.39, 0.29) is 23.9 Å². The highest BCUT2D eigenvalue weighted by Crippen LogP contribution is 2.35. The molecule has 3 heterocycles. The van der Waals surface area contributed by atoms with Gasteiger partial charge in [0, 0.05) is 23.4 Å². The summed E-state index contributed by atoms with van der Waals surface area (Å²) in [7, 11) is 0. The van der Waals surface area contributed by atoms with Crippen molar-refractivity contribution in [2.45, 2.75) is 25.8 Å². The van der Waals surface area contributed by atoms with E-state index in [0.717, 1.165) is 28.8 Å². The smallest absolute Gasteiger partial charge is 0.225 e. The summed E-state index contributed by atoms with van der Waals surface area (Å²) in [6.45, 7) is 6.15. The van der Waals surface area contributed by atoms with Crippen molar-refractivity contribution >= 4 is 40.2 Å². The van der Waals surface area contributed by atoms with Crippen LogP contribution >= 0.6 is 11.6 Å². The Labute approximate surface area is 167 Å². The number of nitrogen functional groups attached to an aromatic ring is 2. The molecule has 0 bridgehead atoms. The number of hydrogen-bond donors (Lipinski definition) is 2. The van der Waals surface area contributed by atoms with E-state index in [0.29, 0.717) is 24.1 Å².